The predicted octanol–water partition coefficient (Wildman–Crippen LogP) is 1.93. The van der Waals surface area contributed by atoms with Crippen LogP contribution in [0.15, 0.2) is 29.4 Å². The number of rotatable bonds is 5. The molecule has 0 spiro atoms. The highest BCUT2D eigenvalue weighted by Gasteiger charge is 1.99. The second kappa shape index (κ2) is 7.00. The normalized spacial score (nSPS) is 10.4. The summed E-state index contributed by atoms with van der Waals surface area (Å²) in [4.78, 5) is 10.6. The Morgan fingerprint density at radius 3 is 3.00 bits per heavy atom. The zero-order valence-electron chi connectivity index (χ0n) is 8.94. The second-order valence-corrected chi connectivity index (χ2v) is 3.79. The fourth-order valence-corrected chi connectivity index (χ4v) is 1.22. The number of hydrogen-bond acceptors (Lipinski definition) is 3. The minimum Gasteiger partial charge on any atom is -0.492 e. The van der Waals surface area contributed by atoms with Crippen molar-refractivity contribution in [1.29, 1.82) is 0 Å². The molecule has 0 radical (unpaired) electrons. The van der Waals surface area contributed by atoms with Crippen molar-refractivity contribution in [1.82, 2.24) is 5.43 Å². The summed E-state index contributed by atoms with van der Waals surface area (Å²) in [6, 6.07) is 7.50. The molecule has 4 nitrogen and oxygen atoms in total. The van der Waals surface area contributed by atoms with Crippen molar-refractivity contribution in [2.24, 2.45) is 5.10 Å². The van der Waals surface area contributed by atoms with Gasteiger partial charge in [-0.15, -0.1) is 0 Å². The van der Waals surface area contributed by atoms with Crippen LogP contribution in [0.3, 0.4) is 0 Å². The largest absolute Gasteiger partial charge is 0.492 e. The van der Waals surface area contributed by atoms with Crippen LogP contribution < -0.4 is 10.2 Å². The number of ether oxygens (including phenoxy) is 1. The van der Waals surface area contributed by atoms with E-state index in [0.29, 0.717) is 6.61 Å². The van der Waals surface area contributed by atoms with Gasteiger partial charge in [0, 0.05) is 17.8 Å². The second-order valence-electron chi connectivity index (χ2n) is 3.00. The fraction of sp³-hybridized carbons (Fsp3) is 0.273. The quantitative estimate of drug-likeness (QED) is 0.510. The molecule has 1 rings (SSSR count). The summed E-state index contributed by atoms with van der Waals surface area (Å²) in [5.41, 5.74) is 3.17. The summed E-state index contributed by atoms with van der Waals surface area (Å²) in [5, 5.41) is 4.56. The lowest BCUT2D eigenvalue weighted by Gasteiger charge is -2.06. The molecule has 0 aromatic heterocycles. The van der Waals surface area contributed by atoms with Crippen LogP contribution in [-0.2, 0) is 4.79 Å². The number of amides is 1. The third-order valence-electron chi connectivity index (χ3n) is 1.68. The molecular formula is C11H13BrN2O2. The molecule has 0 fully saturated rings. The summed E-state index contributed by atoms with van der Waals surface area (Å²) in [7, 11) is 0. The van der Waals surface area contributed by atoms with Crippen molar-refractivity contribution in [2.45, 2.75) is 6.92 Å². The van der Waals surface area contributed by atoms with E-state index in [1.165, 1.54) is 6.92 Å². The number of carbonyl (C=O) groups excluding carboxylic acids is 1. The molecule has 0 saturated heterocycles. The smallest absolute Gasteiger partial charge is 0.236 e. The Balaban J connectivity index is 2.70. The highest BCUT2D eigenvalue weighted by atomic mass is 79.9. The highest BCUT2D eigenvalue weighted by molar-refractivity contribution is 9.09. The molecule has 0 aliphatic rings. The first-order valence-electron chi connectivity index (χ1n) is 4.81. The van der Waals surface area contributed by atoms with Gasteiger partial charge in [0.2, 0.25) is 5.91 Å². The molecule has 0 unspecified atom stereocenters. The van der Waals surface area contributed by atoms with Crippen molar-refractivity contribution in [3.8, 4) is 5.75 Å². The van der Waals surface area contributed by atoms with Crippen LogP contribution in [0.1, 0.15) is 12.5 Å². The molecule has 0 bridgehead atoms. The van der Waals surface area contributed by atoms with Gasteiger partial charge in [-0.1, -0.05) is 28.1 Å². The van der Waals surface area contributed by atoms with Gasteiger partial charge in [0.05, 0.1) is 12.8 Å². The Morgan fingerprint density at radius 1 is 1.56 bits per heavy atom. The number of benzene rings is 1. The number of hydrogen-bond donors (Lipinski definition) is 1. The van der Waals surface area contributed by atoms with E-state index in [1.807, 2.05) is 24.3 Å². The number of halogens is 1. The standard InChI is InChI=1S/C11H13BrN2O2/c1-9(15)14-13-8-10-4-2-3-5-11(10)16-7-6-12/h2-5,8H,6-7H2,1H3,(H,14,15)/b13-8+. The third kappa shape index (κ3) is 4.44. The number of carbonyl (C=O) groups is 1. The molecule has 0 saturated carbocycles. The van der Waals surface area contributed by atoms with Gasteiger partial charge >= 0.3 is 0 Å². The molecule has 1 aromatic carbocycles. The van der Waals surface area contributed by atoms with E-state index in [-0.39, 0.29) is 5.91 Å². The highest BCUT2D eigenvalue weighted by Crippen LogP contribution is 2.15. The number of hydrazone groups is 1. The Bertz CT molecular complexity index is 380. The van der Waals surface area contributed by atoms with Crippen LogP contribution in [0.2, 0.25) is 0 Å². The van der Waals surface area contributed by atoms with E-state index in [2.05, 4.69) is 26.5 Å². The zero-order chi connectivity index (χ0) is 11.8. The molecule has 16 heavy (non-hydrogen) atoms. The average molecular weight is 285 g/mol. The molecule has 0 aliphatic heterocycles. The van der Waals surface area contributed by atoms with Crippen molar-refractivity contribution in [3.63, 3.8) is 0 Å². The van der Waals surface area contributed by atoms with Gasteiger partial charge in [-0.25, -0.2) is 5.43 Å². The van der Waals surface area contributed by atoms with Crippen LogP contribution in [0.5, 0.6) is 5.75 Å². The first-order valence-corrected chi connectivity index (χ1v) is 5.93. The lowest BCUT2D eigenvalue weighted by Crippen LogP contribution is -2.12. The maximum absolute atomic E-state index is 10.6. The van der Waals surface area contributed by atoms with E-state index in [9.17, 15) is 4.79 Å². The van der Waals surface area contributed by atoms with Crippen LogP contribution >= 0.6 is 15.9 Å². The summed E-state index contributed by atoms with van der Waals surface area (Å²) in [6.07, 6.45) is 1.56. The van der Waals surface area contributed by atoms with Gasteiger partial charge in [-0.2, -0.15) is 5.10 Å². The van der Waals surface area contributed by atoms with Gasteiger partial charge in [0.15, 0.2) is 0 Å². The van der Waals surface area contributed by atoms with Gasteiger partial charge in [-0.05, 0) is 12.1 Å². The molecule has 1 N–H and O–H groups in total. The molecule has 0 heterocycles. The Hall–Kier alpha value is -1.36. The number of alkyl halides is 1. The van der Waals surface area contributed by atoms with Crippen molar-refractivity contribution in [3.05, 3.63) is 29.8 Å². The minimum atomic E-state index is -0.199. The Morgan fingerprint density at radius 2 is 2.31 bits per heavy atom. The monoisotopic (exact) mass is 284 g/mol. The molecule has 1 amide bonds. The zero-order valence-corrected chi connectivity index (χ0v) is 10.5. The lowest BCUT2D eigenvalue weighted by molar-refractivity contribution is -0.118. The van der Waals surface area contributed by atoms with E-state index in [1.54, 1.807) is 6.21 Å². The van der Waals surface area contributed by atoms with E-state index >= 15 is 0 Å². The summed E-state index contributed by atoms with van der Waals surface area (Å²) >= 11 is 3.29. The first kappa shape index (κ1) is 12.7. The molecule has 0 atom stereocenters. The van der Waals surface area contributed by atoms with Crippen molar-refractivity contribution < 1.29 is 9.53 Å². The maximum Gasteiger partial charge on any atom is 0.236 e. The Labute approximate surface area is 103 Å². The van der Waals surface area contributed by atoms with E-state index in [4.69, 9.17) is 4.74 Å². The SMILES string of the molecule is CC(=O)N/N=C/c1ccccc1OCCBr. The third-order valence-corrected chi connectivity index (χ3v) is 2.00. The topological polar surface area (TPSA) is 50.7 Å². The fourth-order valence-electron chi connectivity index (χ4n) is 1.06. The molecule has 86 valence electrons. The maximum atomic E-state index is 10.6. The Kier molecular flexibility index (Phi) is 5.56. The lowest BCUT2D eigenvalue weighted by atomic mass is 10.2. The van der Waals surface area contributed by atoms with E-state index in [0.717, 1.165) is 16.6 Å². The van der Waals surface area contributed by atoms with Gasteiger partial charge in [0.1, 0.15) is 5.75 Å². The van der Waals surface area contributed by atoms with Crippen LogP contribution in [0.4, 0.5) is 0 Å². The molecular weight excluding hydrogens is 272 g/mol. The van der Waals surface area contributed by atoms with E-state index < -0.39 is 0 Å². The number of nitrogens with one attached hydrogen (secondary N) is 1. The van der Waals surface area contributed by atoms with Crippen LogP contribution in [-0.4, -0.2) is 24.1 Å². The van der Waals surface area contributed by atoms with Gasteiger partial charge in [0.25, 0.3) is 0 Å². The summed E-state index contributed by atoms with van der Waals surface area (Å²) in [6.45, 7) is 2.00. The molecule has 0 aliphatic carbocycles. The molecule has 5 heteroatoms. The van der Waals surface area contributed by atoms with Gasteiger partial charge < -0.3 is 4.74 Å². The van der Waals surface area contributed by atoms with Gasteiger partial charge in [-0.3, -0.25) is 4.79 Å². The summed E-state index contributed by atoms with van der Waals surface area (Å²) < 4.78 is 5.49. The molecule has 1 aromatic rings. The van der Waals surface area contributed by atoms with Crippen LogP contribution in [0, 0.1) is 0 Å². The number of para-hydroxylation sites is 1. The van der Waals surface area contributed by atoms with Crippen molar-refractivity contribution in [2.75, 3.05) is 11.9 Å². The number of nitrogens with zero attached hydrogens (tertiary/aromatic N) is 1. The summed E-state index contributed by atoms with van der Waals surface area (Å²) in [5.74, 6) is 0.547. The first-order chi connectivity index (χ1) is 7.74. The van der Waals surface area contributed by atoms with Crippen molar-refractivity contribution >= 4 is 28.1 Å². The predicted molar refractivity (Wildman–Crippen MR) is 67.1 cm³/mol. The minimum absolute atomic E-state index is 0.199. The van der Waals surface area contributed by atoms with Crippen LogP contribution in [0.25, 0.3) is 0 Å². The average Bonchev–Trinajstić information content (AvgIpc) is 2.27.